The van der Waals surface area contributed by atoms with E-state index in [4.69, 9.17) is 18.6 Å². The van der Waals surface area contributed by atoms with E-state index in [9.17, 15) is 14.7 Å². The van der Waals surface area contributed by atoms with Crippen LogP contribution < -0.4 is 25.0 Å². The number of hydrogen-bond acceptors (Lipinski definition) is 7. The summed E-state index contributed by atoms with van der Waals surface area (Å²) in [5, 5.41) is 13.4. The highest BCUT2D eigenvalue weighted by atomic mass is 16.5. The molecule has 1 atom stereocenters. The Hall–Kier alpha value is -4.30. The van der Waals surface area contributed by atoms with Crippen molar-refractivity contribution in [2.24, 2.45) is 0 Å². The van der Waals surface area contributed by atoms with E-state index in [-0.39, 0.29) is 29.7 Å². The first-order valence-electron chi connectivity index (χ1n) is 11.4. The van der Waals surface area contributed by atoms with Gasteiger partial charge in [0.25, 0.3) is 5.91 Å². The fraction of sp³-hybridized carbons (Fsp3) is 0.214. The van der Waals surface area contributed by atoms with Gasteiger partial charge in [-0.05, 0) is 31.2 Å². The second kappa shape index (κ2) is 11.0. The molecule has 8 heteroatoms. The molecule has 1 heterocycles. The molecule has 2 N–H and O–H groups in total. The molecule has 1 aromatic heterocycles. The molecule has 4 rings (SSSR count). The van der Waals surface area contributed by atoms with Crippen molar-refractivity contribution in [1.82, 2.24) is 5.32 Å². The quantitative estimate of drug-likeness (QED) is 0.367. The van der Waals surface area contributed by atoms with Gasteiger partial charge in [0.05, 0.1) is 25.2 Å². The molecule has 0 saturated carbocycles. The third-order valence-electron chi connectivity index (χ3n) is 5.73. The zero-order valence-corrected chi connectivity index (χ0v) is 20.2. The van der Waals surface area contributed by atoms with Crippen molar-refractivity contribution in [1.29, 1.82) is 0 Å². The molecule has 0 saturated heterocycles. The van der Waals surface area contributed by atoms with E-state index < -0.39 is 12.0 Å². The number of ether oxygens (including phenoxy) is 3. The van der Waals surface area contributed by atoms with Crippen molar-refractivity contribution >= 4 is 16.9 Å². The third-order valence-corrected chi connectivity index (χ3v) is 5.73. The van der Waals surface area contributed by atoms with Crippen LogP contribution in [-0.4, -0.2) is 44.5 Å². The molecule has 0 aliphatic rings. The van der Waals surface area contributed by atoms with Gasteiger partial charge in [-0.15, -0.1) is 0 Å². The lowest BCUT2D eigenvalue weighted by Gasteiger charge is -2.17. The predicted molar refractivity (Wildman–Crippen MR) is 136 cm³/mol. The van der Waals surface area contributed by atoms with Gasteiger partial charge in [0.2, 0.25) is 5.75 Å². The predicted octanol–water partition coefficient (Wildman–Crippen LogP) is 3.96. The summed E-state index contributed by atoms with van der Waals surface area (Å²) in [4.78, 5) is 26.0. The van der Waals surface area contributed by atoms with Gasteiger partial charge < -0.3 is 29.1 Å². The summed E-state index contributed by atoms with van der Waals surface area (Å²) >= 11 is 0. The Morgan fingerprint density at radius 3 is 2.31 bits per heavy atom. The first-order chi connectivity index (χ1) is 17.4. The molecular formula is C28H27NO7. The van der Waals surface area contributed by atoms with Crippen molar-refractivity contribution in [2.75, 3.05) is 27.4 Å². The molecule has 0 aliphatic carbocycles. The highest BCUT2D eigenvalue weighted by molar-refractivity contribution is 6.05. The number of methoxy groups -OCH3 is 2. The van der Waals surface area contributed by atoms with Crippen LogP contribution in [-0.2, 0) is 0 Å². The summed E-state index contributed by atoms with van der Waals surface area (Å²) in [6.45, 7) is 1.50. The average molecular weight is 490 g/mol. The SMILES string of the molecule is COc1cccc(OC)c1OCC(O)CNC(=O)c1cccc2c(=O)c(C)c(-c3ccccc3)oc12. The first kappa shape index (κ1) is 24.8. The van der Waals surface area contributed by atoms with Crippen molar-refractivity contribution < 1.29 is 28.5 Å². The topological polar surface area (TPSA) is 107 Å². The Balaban J connectivity index is 1.52. The minimum absolute atomic E-state index is 0.0890. The minimum Gasteiger partial charge on any atom is -0.493 e. The van der Waals surface area contributed by atoms with Crippen LogP contribution in [0, 0.1) is 6.92 Å². The van der Waals surface area contributed by atoms with Crippen molar-refractivity contribution in [3.05, 3.63) is 88.1 Å². The normalized spacial score (nSPS) is 11.7. The molecule has 0 aliphatic heterocycles. The Morgan fingerprint density at radius 1 is 0.972 bits per heavy atom. The van der Waals surface area contributed by atoms with Crippen molar-refractivity contribution in [3.8, 4) is 28.6 Å². The van der Waals surface area contributed by atoms with E-state index in [0.717, 1.165) is 5.56 Å². The van der Waals surface area contributed by atoms with Crippen LogP contribution in [0.25, 0.3) is 22.3 Å². The summed E-state index contributed by atoms with van der Waals surface area (Å²) in [5.41, 5.74) is 1.38. The van der Waals surface area contributed by atoms with Gasteiger partial charge in [0.1, 0.15) is 18.5 Å². The summed E-state index contributed by atoms with van der Waals surface area (Å²) in [6, 6.07) is 19.3. The Bertz CT molecular complexity index is 1410. The smallest absolute Gasteiger partial charge is 0.255 e. The summed E-state index contributed by atoms with van der Waals surface area (Å²) in [5.74, 6) is 1.20. The second-order valence-electron chi connectivity index (χ2n) is 8.10. The molecule has 8 nitrogen and oxygen atoms in total. The lowest BCUT2D eigenvalue weighted by atomic mass is 10.0. The van der Waals surface area contributed by atoms with E-state index in [1.807, 2.05) is 30.3 Å². The van der Waals surface area contributed by atoms with Crippen LogP contribution in [0.4, 0.5) is 0 Å². The number of aliphatic hydroxyl groups is 1. The fourth-order valence-corrected chi connectivity index (χ4v) is 3.86. The van der Waals surface area contributed by atoms with E-state index in [0.29, 0.717) is 34.0 Å². The van der Waals surface area contributed by atoms with E-state index in [2.05, 4.69) is 5.32 Å². The van der Waals surface area contributed by atoms with E-state index in [1.54, 1.807) is 43.3 Å². The molecule has 0 bridgehead atoms. The highest BCUT2D eigenvalue weighted by Crippen LogP contribution is 2.36. The van der Waals surface area contributed by atoms with Crippen LogP contribution in [0.5, 0.6) is 17.2 Å². The number of amides is 1. The first-order valence-corrected chi connectivity index (χ1v) is 11.4. The molecule has 186 valence electrons. The third kappa shape index (κ3) is 5.04. The van der Waals surface area contributed by atoms with Gasteiger partial charge in [0.15, 0.2) is 22.5 Å². The van der Waals surface area contributed by atoms with Gasteiger partial charge in [-0.3, -0.25) is 9.59 Å². The van der Waals surface area contributed by atoms with E-state index in [1.165, 1.54) is 14.2 Å². The number of fused-ring (bicyclic) bond motifs is 1. The molecule has 36 heavy (non-hydrogen) atoms. The van der Waals surface area contributed by atoms with Gasteiger partial charge in [0, 0.05) is 17.7 Å². The number of nitrogens with one attached hydrogen (secondary N) is 1. The summed E-state index contributed by atoms with van der Waals surface area (Å²) in [7, 11) is 3.01. The number of carbonyl (C=O) groups excluding carboxylic acids is 1. The monoisotopic (exact) mass is 489 g/mol. The zero-order valence-electron chi connectivity index (χ0n) is 20.2. The van der Waals surface area contributed by atoms with Crippen molar-refractivity contribution in [2.45, 2.75) is 13.0 Å². The van der Waals surface area contributed by atoms with Crippen LogP contribution in [0.3, 0.4) is 0 Å². The molecule has 0 fully saturated rings. The standard InChI is InChI=1S/C28H27NO7/c1-17-24(31)20-11-7-12-21(26(20)36-25(17)18-9-5-4-6-10-18)28(32)29-15-19(30)16-35-27-22(33-2)13-8-14-23(27)34-3/h4-14,19,30H,15-16H2,1-3H3,(H,29,32). The van der Waals surface area contributed by atoms with Crippen molar-refractivity contribution in [3.63, 3.8) is 0 Å². The Morgan fingerprint density at radius 2 is 1.64 bits per heavy atom. The van der Waals surface area contributed by atoms with Gasteiger partial charge in [-0.1, -0.05) is 42.5 Å². The van der Waals surface area contributed by atoms with Gasteiger partial charge in [-0.25, -0.2) is 0 Å². The van der Waals surface area contributed by atoms with Crippen LogP contribution in [0.2, 0.25) is 0 Å². The Kier molecular flexibility index (Phi) is 7.56. The largest absolute Gasteiger partial charge is 0.493 e. The van der Waals surface area contributed by atoms with E-state index >= 15 is 0 Å². The molecule has 3 aromatic carbocycles. The van der Waals surface area contributed by atoms with Gasteiger partial charge in [-0.2, -0.15) is 0 Å². The number of hydrogen-bond donors (Lipinski definition) is 2. The average Bonchev–Trinajstić information content (AvgIpc) is 2.92. The van der Waals surface area contributed by atoms with Crippen LogP contribution in [0.15, 0.2) is 75.9 Å². The number of para-hydroxylation sites is 2. The minimum atomic E-state index is -1.02. The molecule has 1 unspecified atom stereocenters. The maximum Gasteiger partial charge on any atom is 0.255 e. The number of rotatable bonds is 9. The molecule has 1 amide bonds. The fourth-order valence-electron chi connectivity index (χ4n) is 3.86. The molecule has 0 spiro atoms. The number of aliphatic hydroxyl groups excluding tert-OH is 1. The number of benzene rings is 3. The molecule has 4 aromatic rings. The summed E-state index contributed by atoms with van der Waals surface area (Å²) in [6.07, 6.45) is -1.02. The second-order valence-corrected chi connectivity index (χ2v) is 8.10. The lowest BCUT2D eigenvalue weighted by Crippen LogP contribution is -2.35. The molecular weight excluding hydrogens is 462 g/mol. The maximum atomic E-state index is 13.0. The number of carbonyl (C=O) groups is 1. The summed E-state index contributed by atoms with van der Waals surface area (Å²) < 4.78 is 22.4. The van der Waals surface area contributed by atoms with Crippen LogP contribution in [0.1, 0.15) is 15.9 Å². The lowest BCUT2D eigenvalue weighted by molar-refractivity contribution is 0.0834. The highest BCUT2D eigenvalue weighted by Gasteiger charge is 2.19. The maximum absolute atomic E-state index is 13.0. The Labute approximate surface area is 208 Å². The molecule has 0 radical (unpaired) electrons. The van der Waals surface area contributed by atoms with Gasteiger partial charge >= 0.3 is 0 Å². The van der Waals surface area contributed by atoms with Crippen LogP contribution >= 0.6 is 0 Å². The zero-order chi connectivity index (χ0) is 25.7.